The molecular formula is C14H21N3O2. The first-order valence-corrected chi connectivity index (χ1v) is 6.73. The number of nitro groups is 1. The molecule has 1 aliphatic heterocycles. The molecule has 19 heavy (non-hydrogen) atoms. The van der Waals surface area contributed by atoms with Crippen LogP contribution in [0, 0.1) is 17.0 Å². The van der Waals surface area contributed by atoms with Crippen LogP contribution in [-0.2, 0) is 0 Å². The van der Waals surface area contributed by atoms with Crippen molar-refractivity contribution in [2.24, 2.45) is 0 Å². The molecule has 1 saturated heterocycles. The Kier molecular flexibility index (Phi) is 4.04. The van der Waals surface area contributed by atoms with Gasteiger partial charge in [-0.3, -0.25) is 15.0 Å². The van der Waals surface area contributed by atoms with E-state index < -0.39 is 0 Å². The van der Waals surface area contributed by atoms with Crippen molar-refractivity contribution < 1.29 is 4.92 Å². The number of benzene rings is 1. The summed E-state index contributed by atoms with van der Waals surface area (Å²) in [6.07, 6.45) is 1.08. The van der Waals surface area contributed by atoms with Gasteiger partial charge in [-0.2, -0.15) is 0 Å². The van der Waals surface area contributed by atoms with Gasteiger partial charge in [0.15, 0.2) is 0 Å². The molecule has 1 N–H and O–H groups in total. The van der Waals surface area contributed by atoms with Crippen LogP contribution in [0.4, 0.5) is 11.4 Å². The highest BCUT2D eigenvalue weighted by atomic mass is 16.6. The number of hydrogen-bond acceptors (Lipinski definition) is 4. The summed E-state index contributed by atoms with van der Waals surface area (Å²) in [5.41, 5.74) is 2.07. The number of likely N-dealkylation sites (tertiary alicyclic amines) is 1. The van der Waals surface area contributed by atoms with Gasteiger partial charge in [-0.25, -0.2) is 0 Å². The van der Waals surface area contributed by atoms with E-state index in [0.717, 1.165) is 30.8 Å². The van der Waals surface area contributed by atoms with Gasteiger partial charge in [0.25, 0.3) is 5.69 Å². The molecular weight excluding hydrogens is 242 g/mol. The Morgan fingerprint density at radius 2 is 2.21 bits per heavy atom. The van der Waals surface area contributed by atoms with E-state index in [4.69, 9.17) is 0 Å². The van der Waals surface area contributed by atoms with Crippen LogP contribution in [0.2, 0.25) is 0 Å². The van der Waals surface area contributed by atoms with E-state index in [2.05, 4.69) is 24.1 Å². The van der Waals surface area contributed by atoms with E-state index in [1.54, 1.807) is 18.2 Å². The Hall–Kier alpha value is -1.62. The molecule has 0 aromatic heterocycles. The number of nitrogens with zero attached hydrogens (tertiary/aromatic N) is 2. The highest BCUT2D eigenvalue weighted by Crippen LogP contribution is 2.24. The van der Waals surface area contributed by atoms with Crippen LogP contribution in [0.5, 0.6) is 0 Å². The molecule has 1 fully saturated rings. The van der Waals surface area contributed by atoms with E-state index in [0.29, 0.717) is 12.1 Å². The molecule has 0 bridgehead atoms. The second-order valence-corrected chi connectivity index (χ2v) is 5.47. The lowest BCUT2D eigenvalue weighted by atomic mass is 10.1. The Balaban J connectivity index is 2.07. The molecule has 0 aliphatic carbocycles. The second kappa shape index (κ2) is 5.57. The molecule has 0 saturated carbocycles. The van der Waals surface area contributed by atoms with Crippen LogP contribution >= 0.6 is 0 Å². The highest BCUT2D eigenvalue weighted by molar-refractivity contribution is 5.57. The first kappa shape index (κ1) is 13.8. The minimum atomic E-state index is -0.348. The Labute approximate surface area is 113 Å². The zero-order chi connectivity index (χ0) is 14.0. The first-order chi connectivity index (χ1) is 8.97. The fraction of sp³-hybridized carbons (Fsp3) is 0.571. The van der Waals surface area contributed by atoms with Crippen LogP contribution in [0.1, 0.15) is 25.8 Å². The molecule has 0 amide bonds. The van der Waals surface area contributed by atoms with Crippen molar-refractivity contribution in [3.8, 4) is 0 Å². The topological polar surface area (TPSA) is 58.4 Å². The van der Waals surface area contributed by atoms with Crippen molar-refractivity contribution in [3.63, 3.8) is 0 Å². The number of anilines is 1. The lowest BCUT2D eigenvalue weighted by molar-refractivity contribution is -0.384. The van der Waals surface area contributed by atoms with Crippen molar-refractivity contribution in [1.82, 2.24) is 4.90 Å². The molecule has 1 atom stereocenters. The van der Waals surface area contributed by atoms with Gasteiger partial charge in [0.05, 0.1) is 4.92 Å². The van der Waals surface area contributed by atoms with Gasteiger partial charge < -0.3 is 5.32 Å². The summed E-state index contributed by atoms with van der Waals surface area (Å²) in [6, 6.07) is 5.92. The summed E-state index contributed by atoms with van der Waals surface area (Å²) in [6.45, 7) is 8.45. The van der Waals surface area contributed by atoms with Gasteiger partial charge in [-0.05, 0) is 32.8 Å². The van der Waals surface area contributed by atoms with Gasteiger partial charge in [0.2, 0.25) is 0 Å². The molecule has 104 valence electrons. The van der Waals surface area contributed by atoms with Crippen molar-refractivity contribution in [2.75, 3.05) is 18.4 Å². The van der Waals surface area contributed by atoms with E-state index in [-0.39, 0.29) is 10.6 Å². The van der Waals surface area contributed by atoms with Crippen LogP contribution in [-0.4, -0.2) is 35.0 Å². The average molecular weight is 263 g/mol. The lowest BCUT2D eigenvalue weighted by Crippen LogP contribution is -2.31. The predicted octanol–water partition coefficient (Wildman–Crippen LogP) is 2.80. The standard InChI is InChI=1S/C14H21N3O2/c1-10(2)16-7-6-12(9-16)15-14-8-13(17(18)19)5-4-11(14)3/h4-5,8,10,12,15H,6-7,9H2,1-3H3. The summed E-state index contributed by atoms with van der Waals surface area (Å²) in [7, 11) is 0. The minimum Gasteiger partial charge on any atom is -0.381 e. The summed E-state index contributed by atoms with van der Waals surface area (Å²) in [5.74, 6) is 0. The maximum atomic E-state index is 10.8. The molecule has 5 nitrogen and oxygen atoms in total. The SMILES string of the molecule is Cc1ccc([N+](=O)[O-])cc1NC1CCN(C(C)C)C1. The van der Waals surface area contributed by atoms with Crippen molar-refractivity contribution in [3.05, 3.63) is 33.9 Å². The summed E-state index contributed by atoms with van der Waals surface area (Å²) < 4.78 is 0. The zero-order valence-electron chi connectivity index (χ0n) is 11.7. The number of rotatable bonds is 4. The lowest BCUT2D eigenvalue weighted by Gasteiger charge is -2.21. The molecule has 1 heterocycles. The highest BCUT2D eigenvalue weighted by Gasteiger charge is 2.24. The summed E-state index contributed by atoms with van der Waals surface area (Å²) >= 11 is 0. The van der Waals surface area contributed by atoms with Gasteiger partial charge in [-0.1, -0.05) is 6.07 Å². The maximum Gasteiger partial charge on any atom is 0.271 e. The quantitative estimate of drug-likeness (QED) is 0.670. The fourth-order valence-electron chi connectivity index (χ4n) is 2.47. The number of nitro benzene ring substituents is 1. The van der Waals surface area contributed by atoms with Gasteiger partial charge in [0, 0.05) is 43.0 Å². The summed E-state index contributed by atoms with van der Waals surface area (Å²) in [5, 5.41) is 14.3. The van der Waals surface area contributed by atoms with Gasteiger partial charge in [-0.15, -0.1) is 0 Å². The molecule has 1 aliphatic rings. The number of non-ortho nitro benzene ring substituents is 1. The first-order valence-electron chi connectivity index (χ1n) is 6.73. The van der Waals surface area contributed by atoms with Crippen LogP contribution in [0.15, 0.2) is 18.2 Å². The zero-order valence-corrected chi connectivity index (χ0v) is 11.7. The normalized spacial score (nSPS) is 19.9. The molecule has 1 aromatic rings. The minimum absolute atomic E-state index is 0.145. The van der Waals surface area contributed by atoms with Crippen molar-refractivity contribution >= 4 is 11.4 Å². The molecule has 0 radical (unpaired) electrons. The molecule has 0 spiro atoms. The Bertz CT molecular complexity index is 474. The third-order valence-electron chi connectivity index (χ3n) is 3.74. The molecule has 5 heteroatoms. The van der Waals surface area contributed by atoms with E-state index in [1.165, 1.54) is 0 Å². The fourth-order valence-corrected chi connectivity index (χ4v) is 2.47. The van der Waals surface area contributed by atoms with Crippen LogP contribution < -0.4 is 5.32 Å². The van der Waals surface area contributed by atoms with Crippen LogP contribution in [0.25, 0.3) is 0 Å². The third kappa shape index (κ3) is 3.23. The number of hydrogen-bond donors (Lipinski definition) is 1. The van der Waals surface area contributed by atoms with Crippen LogP contribution in [0.3, 0.4) is 0 Å². The third-order valence-corrected chi connectivity index (χ3v) is 3.74. The monoisotopic (exact) mass is 263 g/mol. The molecule has 2 rings (SSSR count). The predicted molar refractivity (Wildman–Crippen MR) is 76.6 cm³/mol. The van der Waals surface area contributed by atoms with Gasteiger partial charge in [0.1, 0.15) is 0 Å². The second-order valence-electron chi connectivity index (χ2n) is 5.47. The van der Waals surface area contributed by atoms with E-state index in [9.17, 15) is 10.1 Å². The Morgan fingerprint density at radius 1 is 1.47 bits per heavy atom. The van der Waals surface area contributed by atoms with Gasteiger partial charge >= 0.3 is 0 Å². The summed E-state index contributed by atoms with van der Waals surface area (Å²) in [4.78, 5) is 12.9. The largest absolute Gasteiger partial charge is 0.381 e. The van der Waals surface area contributed by atoms with Crippen molar-refractivity contribution in [1.29, 1.82) is 0 Å². The van der Waals surface area contributed by atoms with E-state index >= 15 is 0 Å². The van der Waals surface area contributed by atoms with Crippen molar-refractivity contribution in [2.45, 2.75) is 39.3 Å². The molecule has 1 aromatic carbocycles. The Morgan fingerprint density at radius 3 is 2.79 bits per heavy atom. The molecule has 1 unspecified atom stereocenters. The maximum absolute atomic E-state index is 10.8. The average Bonchev–Trinajstić information content (AvgIpc) is 2.80. The number of nitrogens with one attached hydrogen (secondary N) is 1. The van der Waals surface area contributed by atoms with E-state index in [1.807, 2.05) is 6.92 Å². The number of aryl methyl sites for hydroxylation is 1. The smallest absolute Gasteiger partial charge is 0.271 e.